The molecule has 4 rings (SSSR count). The first-order valence-corrected chi connectivity index (χ1v) is 9.11. The lowest BCUT2D eigenvalue weighted by Gasteiger charge is -2.00. The van der Waals surface area contributed by atoms with Crippen molar-refractivity contribution in [3.63, 3.8) is 0 Å². The van der Waals surface area contributed by atoms with E-state index in [1.807, 2.05) is 67.7 Å². The number of aliphatic imine (C=N–C) groups is 1. The van der Waals surface area contributed by atoms with Crippen molar-refractivity contribution in [1.29, 1.82) is 0 Å². The number of nitrogens with zero attached hydrogens (tertiary/aromatic N) is 4. The molecule has 0 spiro atoms. The van der Waals surface area contributed by atoms with Crippen LogP contribution in [0.2, 0.25) is 0 Å². The van der Waals surface area contributed by atoms with Crippen LogP contribution in [-0.2, 0) is 0 Å². The lowest BCUT2D eigenvalue weighted by molar-refractivity contribution is -0.384. The van der Waals surface area contributed by atoms with Crippen LogP contribution in [0.3, 0.4) is 0 Å². The fraction of sp³-hybridized carbons (Fsp3) is 0.0435. The summed E-state index contributed by atoms with van der Waals surface area (Å²) in [7, 11) is 0. The summed E-state index contributed by atoms with van der Waals surface area (Å²) < 4.78 is 1.71. The standard InChI is InChI=1S/C23H18N4O2/c1-17-7-9-20(10-8-17)24-15-19-16-26(21-11-13-22(14-12-21)27(28)29)25-23(19)18-5-3-2-4-6-18/h2-16H,1H3. The Morgan fingerprint density at radius 1 is 0.966 bits per heavy atom. The summed E-state index contributed by atoms with van der Waals surface area (Å²) in [5, 5.41) is 15.6. The minimum atomic E-state index is -0.415. The van der Waals surface area contributed by atoms with Crippen LogP contribution in [0.25, 0.3) is 16.9 Å². The molecule has 6 nitrogen and oxygen atoms in total. The van der Waals surface area contributed by atoms with Gasteiger partial charge in [-0.3, -0.25) is 15.1 Å². The van der Waals surface area contributed by atoms with Gasteiger partial charge in [0.05, 0.1) is 16.3 Å². The number of aryl methyl sites for hydroxylation is 1. The number of benzene rings is 3. The van der Waals surface area contributed by atoms with Crippen molar-refractivity contribution in [2.75, 3.05) is 0 Å². The summed E-state index contributed by atoms with van der Waals surface area (Å²) in [6.45, 7) is 2.04. The Bertz CT molecular complexity index is 1160. The summed E-state index contributed by atoms with van der Waals surface area (Å²) in [6, 6.07) is 24.1. The van der Waals surface area contributed by atoms with E-state index in [0.29, 0.717) is 0 Å². The van der Waals surface area contributed by atoms with E-state index in [-0.39, 0.29) is 5.69 Å². The molecule has 0 radical (unpaired) electrons. The van der Waals surface area contributed by atoms with E-state index in [0.717, 1.165) is 28.2 Å². The van der Waals surface area contributed by atoms with Gasteiger partial charge in [0.1, 0.15) is 5.69 Å². The van der Waals surface area contributed by atoms with Crippen LogP contribution < -0.4 is 0 Å². The Morgan fingerprint density at radius 3 is 2.31 bits per heavy atom. The van der Waals surface area contributed by atoms with Gasteiger partial charge in [-0.1, -0.05) is 48.0 Å². The van der Waals surface area contributed by atoms with Crippen molar-refractivity contribution in [2.24, 2.45) is 4.99 Å². The van der Waals surface area contributed by atoms with Gasteiger partial charge in [-0.2, -0.15) is 5.10 Å². The van der Waals surface area contributed by atoms with Crippen LogP contribution in [0.1, 0.15) is 11.1 Å². The SMILES string of the molecule is Cc1ccc(N=Cc2cn(-c3ccc([N+](=O)[O-])cc3)nc2-c2ccccc2)cc1. The van der Waals surface area contributed by atoms with Crippen LogP contribution in [0, 0.1) is 17.0 Å². The lowest BCUT2D eigenvalue weighted by atomic mass is 10.1. The van der Waals surface area contributed by atoms with E-state index in [1.165, 1.54) is 17.7 Å². The Kier molecular flexibility index (Phi) is 4.99. The second kappa shape index (κ2) is 7.90. The van der Waals surface area contributed by atoms with Crippen molar-refractivity contribution in [3.8, 4) is 16.9 Å². The highest BCUT2D eigenvalue weighted by atomic mass is 16.6. The third-order valence-corrected chi connectivity index (χ3v) is 4.50. The van der Waals surface area contributed by atoms with E-state index < -0.39 is 4.92 Å². The van der Waals surface area contributed by atoms with Crippen molar-refractivity contribution < 1.29 is 4.92 Å². The van der Waals surface area contributed by atoms with Gasteiger partial charge in [0.2, 0.25) is 0 Å². The van der Waals surface area contributed by atoms with Crippen LogP contribution >= 0.6 is 0 Å². The summed E-state index contributed by atoms with van der Waals surface area (Å²) in [5.41, 5.74) is 5.44. The van der Waals surface area contributed by atoms with Gasteiger partial charge in [0, 0.05) is 35.7 Å². The van der Waals surface area contributed by atoms with Gasteiger partial charge in [-0.05, 0) is 31.2 Å². The molecule has 0 aliphatic heterocycles. The number of hydrogen-bond acceptors (Lipinski definition) is 4. The molecule has 4 aromatic rings. The van der Waals surface area contributed by atoms with E-state index in [9.17, 15) is 10.1 Å². The molecule has 29 heavy (non-hydrogen) atoms. The maximum absolute atomic E-state index is 10.9. The zero-order valence-electron chi connectivity index (χ0n) is 15.8. The van der Waals surface area contributed by atoms with Crippen LogP contribution in [0.15, 0.2) is 90.1 Å². The third-order valence-electron chi connectivity index (χ3n) is 4.50. The van der Waals surface area contributed by atoms with Crippen molar-refractivity contribution in [1.82, 2.24) is 9.78 Å². The van der Waals surface area contributed by atoms with Crippen molar-refractivity contribution >= 4 is 17.6 Å². The molecule has 0 N–H and O–H groups in total. The Labute approximate surface area is 167 Å². The fourth-order valence-corrected chi connectivity index (χ4v) is 2.94. The first-order valence-electron chi connectivity index (χ1n) is 9.11. The summed E-state index contributed by atoms with van der Waals surface area (Å²) in [6.07, 6.45) is 3.67. The minimum absolute atomic E-state index is 0.0466. The fourth-order valence-electron chi connectivity index (χ4n) is 2.94. The highest BCUT2D eigenvalue weighted by Gasteiger charge is 2.12. The zero-order chi connectivity index (χ0) is 20.2. The maximum atomic E-state index is 10.9. The predicted octanol–water partition coefficient (Wildman–Crippen LogP) is 5.51. The average molecular weight is 382 g/mol. The van der Waals surface area contributed by atoms with Crippen molar-refractivity contribution in [2.45, 2.75) is 6.92 Å². The molecule has 1 heterocycles. The smallest absolute Gasteiger partial charge is 0.258 e. The molecule has 3 aromatic carbocycles. The molecule has 0 saturated carbocycles. The number of nitro benzene ring substituents is 1. The summed E-state index contributed by atoms with van der Waals surface area (Å²) in [5.74, 6) is 0. The highest BCUT2D eigenvalue weighted by molar-refractivity contribution is 5.90. The lowest BCUT2D eigenvalue weighted by Crippen LogP contribution is -1.95. The quantitative estimate of drug-likeness (QED) is 0.260. The van der Waals surface area contributed by atoms with Gasteiger partial charge in [0.15, 0.2) is 0 Å². The predicted molar refractivity (Wildman–Crippen MR) is 114 cm³/mol. The Morgan fingerprint density at radius 2 is 1.66 bits per heavy atom. The van der Waals surface area contributed by atoms with Gasteiger partial charge in [-0.15, -0.1) is 0 Å². The zero-order valence-corrected chi connectivity index (χ0v) is 15.8. The number of hydrogen-bond donors (Lipinski definition) is 0. The van der Waals surface area contributed by atoms with Gasteiger partial charge in [0.25, 0.3) is 5.69 Å². The van der Waals surface area contributed by atoms with E-state index in [4.69, 9.17) is 5.10 Å². The molecule has 0 saturated heterocycles. The number of non-ortho nitro benzene ring substituents is 1. The largest absolute Gasteiger partial charge is 0.269 e. The van der Waals surface area contributed by atoms with Gasteiger partial charge >= 0.3 is 0 Å². The molecule has 0 aliphatic rings. The highest BCUT2D eigenvalue weighted by Crippen LogP contribution is 2.24. The van der Waals surface area contributed by atoms with Crippen molar-refractivity contribution in [3.05, 3.63) is 106 Å². The molecule has 0 fully saturated rings. The molecular weight excluding hydrogens is 364 g/mol. The normalized spacial score (nSPS) is 11.1. The summed E-state index contributed by atoms with van der Waals surface area (Å²) in [4.78, 5) is 15.1. The van der Waals surface area contributed by atoms with Crippen LogP contribution in [0.4, 0.5) is 11.4 Å². The molecule has 0 unspecified atom stereocenters. The van der Waals surface area contributed by atoms with E-state index >= 15 is 0 Å². The molecule has 0 atom stereocenters. The third kappa shape index (κ3) is 4.11. The number of nitro groups is 1. The topological polar surface area (TPSA) is 73.3 Å². The van der Waals surface area contributed by atoms with Gasteiger partial charge in [-0.25, -0.2) is 4.68 Å². The Balaban J connectivity index is 1.74. The van der Waals surface area contributed by atoms with Gasteiger partial charge < -0.3 is 0 Å². The molecule has 6 heteroatoms. The first-order chi connectivity index (χ1) is 14.1. The van der Waals surface area contributed by atoms with E-state index in [2.05, 4.69) is 4.99 Å². The maximum Gasteiger partial charge on any atom is 0.269 e. The first kappa shape index (κ1) is 18.3. The molecule has 142 valence electrons. The second-order valence-corrected chi connectivity index (χ2v) is 6.61. The summed E-state index contributed by atoms with van der Waals surface area (Å²) >= 11 is 0. The Hall–Kier alpha value is -4.06. The van der Waals surface area contributed by atoms with Crippen LogP contribution in [0.5, 0.6) is 0 Å². The molecular formula is C23H18N4O2. The molecule has 1 aromatic heterocycles. The van der Waals surface area contributed by atoms with E-state index in [1.54, 1.807) is 23.0 Å². The molecule has 0 aliphatic carbocycles. The van der Waals surface area contributed by atoms with Crippen LogP contribution in [-0.4, -0.2) is 20.9 Å². The molecule has 0 amide bonds. The minimum Gasteiger partial charge on any atom is -0.258 e. The second-order valence-electron chi connectivity index (χ2n) is 6.61. The molecule has 0 bridgehead atoms. The number of aromatic nitrogens is 2. The number of rotatable bonds is 5. The average Bonchev–Trinajstić information content (AvgIpc) is 3.18. The monoisotopic (exact) mass is 382 g/mol.